The third-order valence-corrected chi connectivity index (χ3v) is 4.92. The van der Waals surface area contributed by atoms with Crippen LogP contribution in [0.4, 0.5) is 4.39 Å². The van der Waals surface area contributed by atoms with Crippen molar-refractivity contribution in [3.63, 3.8) is 0 Å². The van der Waals surface area contributed by atoms with Gasteiger partial charge in [0.15, 0.2) is 0 Å². The van der Waals surface area contributed by atoms with Gasteiger partial charge in [0, 0.05) is 23.4 Å². The Bertz CT molecular complexity index is 1060. The highest BCUT2D eigenvalue weighted by atomic mass is 19.1. The largest absolute Gasteiger partial charge is 0.352 e. The summed E-state index contributed by atoms with van der Waals surface area (Å²) in [4.78, 5) is 29.8. The SMILES string of the molecule is CCc1cc(=O)n(CC(=O)NC(C)CCc2ccccc2)c(-c2cccc(F)c2)n1. The first-order valence-electron chi connectivity index (χ1n) is 10.2. The van der Waals surface area contributed by atoms with Gasteiger partial charge in [-0.05, 0) is 43.9 Å². The zero-order valence-electron chi connectivity index (χ0n) is 17.3. The quantitative estimate of drug-likeness (QED) is 0.619. The molecule has 0 aliphatic rings. The fraction of sp³-hybridized carbons (Fsp3) is 0.292. The molecule has 0 saturated carbocycles. The third-order valence-electron chi connectivity index (χ3n) is 4.92. The number of nitrogens with zero attached hydrogens (tertiary/aromatic N) is 2. The molecule has 156 valence electrons. The number of hydrogen-bond acceptors (Lipinski definition) is 3. The van der Waals surface area contributed by atoms with Crippen molar-refractivity contribution in [1.82, 2.24) is 14.9 Å². The number of aromatic nitrogens is 2. The molecule has 0 saturated heterocycles. The maximum atomic E-state index is 13.7. The van der Waals surface area contributed by atoms with Gasteiger partial charge in [0.1, 0.15) is 18.2 Å². The van der Waals surface area contributed by atoms with Crippen molar-refractivity contribution in [1.29, 1.82) is 0 Å². The van der Waals surface area contributed by atoms with Crippen molar-refractivity contribution in [2.24, 2.45) is 0 Å². The van der Waals surface area contributed by atoms with Gasteiger partial charge < -0.3 is 5.32 Å². The maximum Gasteiger partial charge on any atom is 0.254 e. The van der Waals surface area contributed by atoms with Gasteiger partial charge in [0.2, 0.25) is 5.91 Å². The Morgan fingerprint density at radius 3 is 2.60 bits per heavy atom. The molecule has 5 nitrogen and oxygen atoms in total. The first kappa shape index (κ1) is 21.4. The van der Waals surface area contributed by atoms with E-state index in [-0.39, 0.29) is 24.1 Å². The molecule has 0 bridgehead atoms. The average Bonchev–Trinajstić information content (AvgIpc) is 2.74. The van der Waals surface area contributed by atoms with Crippen LogP contribution in [0.2, 0.25) is 0 Å². The number of rotatable bonds is 8. The van der Waals surface area contributed by atoms with Crippen LogP contribution in [-0.4, -0.2) is 21.5 Å². The van der Waals surface area contributed by atoms with Gasteiger partial charge >= 0.3 is 0 Å². The van der Waals surface area contributed by atoms with Crippen LogP contribution in [0.3, 0.4) is 0 Å². The Hall–Kier alpha value is -3.28. The van der Waals surface area contributed by atoms with Gasteiger partial charge in [-0.1, -0.05) is 49.4 Å². The van der Waals surface area contributed by atoms with E-state index in [4.69, 9.17) is 0 Å². The molecule has 0 aliphatic carbocycles. The van der Waals surface area contributed by atoms with E-state index in [1.165, 1.54) is 28.3 Å². The number of carbonyl (C=O) groups excluding carboxylic acids is 1. The summed E-state index contributed by atoms with van der Waals surface area (Å²) in [5.74, 6) is -0.401. The monoisotopic (exact) mass is 407 g/mol. The van der Waals surface area contributed by atoms with E-state index < -0.39 is 5.82 Å². The van der Waals surface area contributed by atoms with Crippen molar-refractivity contribution >= 4 is 5.91 Å². The predicted octanol–water partition coefficient (Wildman–Crippen LogP) is 3.75. The van der Waals surface area contributed by atoms with Crippen LogP contribution in [0.15, 0.2) is 65.5 Å². The van der Waals surface area contributed by atoms with E-state index in [0.29, 0.717) is 23.5 Å². The lowest BCUT2D eigenvalue weighted by molar-refractivity contribution is -0.122. The second kappa shape index (κ2) is 9.96. The number of hydrogen-bond donors (Lipinski definition) is 1. The van der Waals surface area contributed by atoms with Crippen LogP contribution in [0, 0.1) is 5.82 Å². The van der Waals surface area contributed by atoms with Gasteiger partial charge in [0.25, 0.3) is 5.56 Å². The number of nitrogens with one attached hydrogen (secondary N) is 1. The molecule has 1 aromatic heterocycles. The molecule has 0 radical (unpaired) electrons. The molecular formula is C24H26FN3O2. The van der Waals surface area contributed by atoms with Crippen LogP contribution in [0.25, 0.3) is 11.4 Å². The molecule has 0 fully saturated rings. The smallest absolute Gasteiger partial charge is 0.254 e. The minimum Gasteiger partial charge on any atom is -0.352 e. The summed E-state index contributed by atoms with van der Waals surface area (Å²) < 4.78 is 15.0. The van der Waals surface area contributed by atoms with Crippen LogP contribution in [-0.2, 0) is 24.2 Å². The number of amides is 1. The lowest BCUT2D eigenvalue weighted by atomic mass is 10.1. The highest BCUT2D eigenvalue weighted by Crippen LogP contribution is 2.17. The minimum atomic E-state index is -0.422. The van der Waals surface area contributed by atoms with Crippen LogP contribution >= 0.6 is 0 Å². The topological polar surface area (TPSA) is 64.0 Å². The fourth-order valence-electron chi connectivity index (χ4n) is 3.30. The second-order valence-electron chi connectivity index (χ2n) is 7.35. The molecule has 1 heterocycles. The van der Waals surface area contributed by atoms with Crippen molar-refractivity contribution in [2.45, 2.75) is 45.7 Å². The van der Waals surface area contributed by atoms with Crippen molar-refractivity contribution < 1.29 is 9.18 Å². The molecule has 3 rings (SSSR count). The molecule has 1 N–H and O–H groups in total. The van der Waals surface area contributed by atoms with E-state index >= 15 is 0 Å². The summed E-state index contributed by atoms with van der Waals surface area (Å²) >= 11 is 0. The maximum absolute atomic E-state index is 13.7. The Morgan fingerprint density at radius 2 is 1.90 bits per heavy atom. The Kier molecular flexibility index (Phi) is 7.12. The van der Waals surface area contributed by atoms with Crippen molar-refractivity contribution in [3.8, 4) is 11.4 Å². The summed E-state index contributed by atoms with van der Waals surface area (Å²) in [7, 11) is 0. The number of carbonyl (C=O) groups is 1. The molecule has 6 heteroatoms. The normalized spacial score (nSPS) is 11.8. The Labute approximate surface area is 175 Å². The predicted molar refractivity (Wildman–Crippen MR) is 116 cm³/mol. The highest BCUT2D eigenvalue weighted by molar-refractivity contribution is 5.76. The van der Waals surface area contributed by atoms with E-state index in [9.17, 15) is 14.0 Å². The molecule has 1 atom stereocenters. The zero-order valence-corrected chi connectivity index (χ0v) is 17.3. The second-order valence-corrected chi connectivity index (χ2v) is 7.35. The van der Waals surface area contributed by atoms with E-state index in [1.54, 1.807) is 12.1 Å². The van der Waals surface area contributed by atoms with Crippen molar-refractivity contribution in [2.75, 3.05) is 0 Å². The highest BCUT2D eigenvalue weighted by Gasteiger charge is 2.15. The number of halogens is 1. The van der Waals surface area contributed by atoms with E-state index in [0.717, 1.165) is 12.8 Å². The van der Waals surface area contributed by atoms with Crippen LogP contribution in [0.5, 0.6) is 0 Å². The Balaban J connectivity index is 1.75. The zero-order chi connectivity index (χ0) is 21.5. The summed E-state index contributed by atoms with van der Waals surface area (Å²) in [6.07, 6.45) is 2.21. The lowest BCUT2D eigenvalue weighted by Gasteiger charge is -2.17. The van der Waals surface area contributed by atoms with Gasteiger partial charge in [0.05, 0.1) is 0 Å². The summed E-state index contributed by atoms with van der Waals surface area (Å²) in [6, 6.07) is 17.3. The van der Waals surface area contributed by atoms with Crippen LogP contribution < -0.4 is 10.9 Å². The van der Waals surface area contributed by atoms with Gasteiger partial charge in [-0.15, -0.1) is 0 Å². The average molecular weight is 407 g/mol. The Morgan fingerprint density at radius 1 is 1.13 bits per heavy atom. The van der Waals surface area contributed by atoms with Gasteiger partial charge in [-0.3, -0.25) is 14.2 Å². The molecule has 1 amide bonds. The molecule has 0 spiro atoms. The molecule has 30 heavy (non-hydrogen) atoms. The summed E-state index contributed by atoms with van der Waals surface area (Å²) in [6.45, 7) is 3.66. The number of benzene rings is 2. The molecule has 0 aliphatic heterocycles. The third kappa shape index (κ3) is 5.63. The number of aryl methyl sites for hydroxylation is 2. The molecule has 3 aromatic rings. The van der Waals surface area contributed by atoms with E-state index in [1.807, 2.05) is 32.0 Å². The minimum absolute atomic E-state index is 0.0473. The van der Waals surface area contributed by atoms with E-state index in [2.05, 4.69) is 22.4 Å². The fourth-order valence-corrected chi connectivity index (χ4v) is 3.30. The standard InChI is InChI=1S/C24H26FN3O2/c1-3-21-15-23(30)28(24(27-21)19-10-7-11-20(25)14-19)16-22(29)26-17(2)12-13-18-8-5-4-6-9-18/h4-11,14-15,17H,3,12-13,16H2,1-2H3,(H,26,29). The lowest BCUT2D eigenvalue weighted by Crippen LogP contribution is -2.38. The van der Waals surface area contributed by atoms with Crippen molar-refractivity contribution in [3.05, 3.63) is 88.1 Å². The molecule has 2 aromatic carbocycles. The summed E-state index contributed by atoms with van der Waals surface area (Å²) in [5, 5.41) is 2.94. The van der Waals surface area contributed by atoms with Gasteiger partial charge in [-0.25, -0.2) is 9.37 Å². The first-order valence-corrected chi connectivity index (χ1v) is 10.2. The van der Waals surface area contributed by atoms with Crippen LogP contribution in [0.1, 0.15) is 31.5 Å². The summed E-state index contributed by atoms with van der Waals surface area (Å²) in [5.41, 5.74) is 1.95. The van der Waals surface area contributed by atoms with Gasteiger partial charge in [-0.2, -0.15) is 0 Å². The first-order chi connectivity index (χ1) is 14.5. The molecular weight excluding hydrogens is 381 g/mol. The molecule has 1 unspecified atom stereocenters.